The Morgan fingerprint density at radius 2 is 1.76 bits per heavy atom. The Balaban J connectivity index is 1.28. The Morgan fingerprint density at radius 1 is 1.00 bits per heavy atom. The lowest BCUT2D eigenvalue weighted by Crippen LogP contribution is -2.49. The number of para-hydroxylation sites is 1. The van der Waals surface area contributed by atoms with E-state index in [1.807, 2.05) is 41.3 Å². The van der Waals surface area contributed by atoms with Gasteiger partial charge in [-0.05, 0) is 37.1 Å². The number of hydrogen-bond acceptors (Lipinski definition) is 5. The van der Waals surface area contributed by atoms with Crippen LogP contribution in [0.2, 0.25) is 5.02 Å². The molecule has 29 heavy (non-hydrogen) atoms. The number of anilines is 1. The molecular formula is C22H27ClN4O2. The van der Waals surface area contributed by atoms with Crippen LogP contribution in [0.3, 0.4) is 0 Å². The van der Waals surface area contributed by atoms with Gasteiger partial charge in [0, 0.05) is 52.0 Å². The topological polar surface area (TPSA) is 48.9 Å². The van der Waals surface area contributed by atoms with E-state index in [0.717, 1.165) is 57.2 Å². The number of ether oxygens (including phenoxy) is 1. The van der Waals surface area contributed by atoms with Gasteiger partial charge in [-0.1, -0.05) is 23.7 Å². The Kier molecular flexibility index (Phi) is 6.52. The lowest BCUT2D eigenvalue weighted by atomic mass is 10.2. The summed E-state index contributed by atoms with van der Waals surface area (Å²) in [5.41, 5.74) is 0.727. The number of halogens is 1. The first kappa shape index (κ1) is 20.0. The molecule has 3 heterocycles. The zero-order valence-corrected chi connectivity index (χ0v) is 17.4. The maximum Gasteiger partial charge on any atom is 0.257 e. The van der Waals surface area contributed by atoms with E-state index in [-0.39, 0.29) is 5.91 Å². The number of benzene rings is 1. The second kappa shape index (κ2) is 9.46. The first-order valence-corrected chi connectivity index (χ1v) is 10.7. The van der Waals surface area contributed by atoms with E-state index in [0.29, 0.717) is 17.4 Å². The van der Waals surface area contributed by atoms with Crippen LogP contribution in [0.5, 0.6) is 5.75 Å². The van der Waals surface area contributed by atoms with E-state index >= 15 is 0 Å². The lowest BCUT2D eigenvalue weighted by molar-refractivity contribution is 0.0620. The van der Waals surface area contributed by atoms with Gasteiger partial charge in [0.15, 0.2) is 0 Å². The molecule has 0 radical (unpaired) electrons. The maximum absolute atomic E-state index is 13.1. The summed E-state index contributed by atoms with van der Waals surface area (Å²) in [6.07, 6.45) is 4.11. The van der Waals surface area contributed by atoms with Gasteiger partial charge in [-0.2, -0.15) is 0 Å². The third kappa shape index (κ3) is 4.82. The van der Waals surface area contributed by atoms with E-state index in [9.17, 15) is 4.79 Å². The van der Waals surface area contributed by atoms with Crippen molar-refractivity contribution < 1.29 is 9.53 Å². The number of carbonyl (C=O) groups excluding carboxylic acids is 1. The first-order chi connectivity index (χ1) is 14.2. The third-order valence-electron chi connectivity index (χ3n) is 5.58. The summed E-state index contributed by atoms with van der Waals surface area (Å²) in [5, 5.41) is 0.633. The van der Waals surface area contributed by atoms with Gasteiger partial charge in [0.25, 0.3) is 5.91 Å². The molecule has 0 unspecified atom stereocenters. The van der Waals surface area contributed by atoms with E-state index < -0.39 is 0 Å². The monoisotopic (exact) mass is 414 g/mol. The molecule has 1 aromatic carbocycles. The molecule has 2 aliphatic rings. The van der Waals surface area contributed by atoms with Crippen LogP contribution in [0.15, 0.2) is 42.6 Å². The van der Waals surface area contributed by atoms with Gasteiger partial charge >= 0.3 is 0 Å². The number of carbonyl (C=O) groups is 1. The van der Waals surface area contributed by atoms with Crippen LogP contribution in [0.25, 0.3) is 0 Å². The molecule has 7 heteroatoms. The summed E-state index contributed by atoms with van der Waals surface area (Å²) in [5.74, 6) is 1.64. The fraction of sp³-hybridized carbons (Fsp3) is 0.455. The normalized spacial score (nSPS) is 17.6. The highest BCUT2D eigenvalue weighted by molar-refractivity contribution is 6.32. The standard InChI is InChI=1S/C22H27ClN4O2/c23-19-7-1-2-8-20(19)29-17-16-25-12-14-27(15-13-25)22(28)18-6-5-9-24-21(18)26-10-3-4-11-26/h1-2,5-9H,3-4,10-17H2. The molecule has 1 amide bonds. The predicted octanol–water partition coefficient (Wildman–Crippen LogP) is 3.17. The fourth-order valence-electron chi connectivity index (χ4n) is 3.94. The average Bonchev–Trinajstić information content (AvgIpc) is 3.30. The van der Waals surface area contributed by atoms with Crippen molar-refractivity contribution in [1.82, 2.24) is 14.8 Å². The molecule has 154 valence electrons. The highest BCUT2D eigenvalue weighted by atomic mass is 35.5. The number of piperazine rings is 1. The number of pyridine rings is 1. The molecule has 2 fully saturated rings. The molecule has 6 nitrogen and oxygen atoms in total. The zero-order chi connectivity index (χ0) is 20.1. The molecule has 2 saturated heterocycles. The molecule has 0 atom stereocenters. The Labute approximate surface area is 177 Å². The van der Waals surface area contributed by atoms with Gasteiger partial charge in [0.1, 0.15) is 18.2 Å². The second-order valence-electron chi connectivity index (χ2n) is 7.48. The summed E-state index contributed by atoms with van der Waals surface area (Å²) >= 11 is 6.13. The van der Waals surface area contributed by atoms with Gasteiger partial charge in [0.2, 0.25) is 0 Å². The van der Waals surface area contributed by atoms with E-state index in [4.69, 9.17) is 16.3 Å². The van der Waals surface area contributed by atoms with Crippen LogP contribution < -0.4 is 9.64 Å². The van der Waals surface area contributed by atoms with Crippen molar-refractivity contribution in [2.45, 2.75) is 12.8 Å². The van der Waals surface area contributed by atoms with Crippen LogP contribution >= 0.6 is 11.6 Å². The van der Waals surface area contributed by atoms with Crippen molar-refractivity contribution in [3.05, 3.63) is 53.2 Å². The van der Waals surface area contributed by atoms with Crippen molar-refractivity contribution >= 4 is 23.3 Å². The minimum atomic E-state index is 0.0898. The van der Waals surface area contributed by atoms with Crippen molar-refractivity contribution in [2.75, 3.05) is 57.3 Å². The lowest BCUT2D eigenvalue weighted by Gasteiger charge is -2.35. The van der Waals surface area contributed by atoms with E-state index in [1.54, 1.807) is 6.20 Å². The van der Waals surface area contributed by atoms with Gasteiger partial charge in [0.05, 0.1) is 10.6 Å². The highest BCUT2D eigenvalue weighted by Gasteiger charge is 2.26. The maximum atomic E-state index is 13.1. The largest absolute Gasteiger partial charge is 0.491 e. The van der Waals surface area contributed by atoms with Crippen LogP contribution in [0.4, 0.5) is 5.82 Å². The first-order valence-electron chi connectivity index (χ1n) is 10.3. The number of rotatable bonds is 6. The van der Waals surface area contributed by atoms with Crippen molar-refractivity contribution in [3.8, 4) is 5.75 Å². The Hall–Kier alpha value is -2.31. The summed E-state index contributed by atoms with van der Waals surface area (Å²) in [7, 11) is 0. The molecule has 1 aromatic heterocycles. The minimum Gasteiger partial charge on any atom is -0.491 e. The molecule has 0 bridgehead atoms. The van der Waals surface area contributed by atoms with Crippen molar-refractivity contribution in [3.63, 3.8) is 0 Å². The van der Waals surface area contributed by atoms with Gasteiger partial charge < -0.3 is 14.5 Å². The van der Waals surface area contributed by atoms with Gasteiger partial charge in [-0.3, -0.25) is 9.69 Å². The van der Waals surface area contributed by atoms with E-state index in [1.165, 1.54) is 12.8 Å². The van der Waals surface area contributed by atoms with E-state index in [2.05, 4.69) is 14.8 Å². The van der Waals surface area contributed by atoms with Gasteiger partial charge in [-0.15, -0.1) is 0 Å². The Bertz CT molecular complexity index is 833. The Morgan fingerprint density at radius 3 is 2.52 bits per heavy atom. The van der Waals surface area contributed by atoms with Crippen LogP contribution in [-0.2, 0) is 0 Å². The smallest absolute Gasteiger partial charge is 0.257 e. The summed E-state index contributed by atoms with van der Waals surface area (Å²) in [4.78, 5) is 24.1. The molecule has 4 rings (SSSR count). The number of hydrogen-bond donors (Lipinski definition) is 0. The highest BCUT2D eigenvalue weighted by Crippen LogP contribution is 2.24. The van der Waals surface area contributed by atoms with Crippen LogP contribution in [-0.4, -0.2) is 73.1 Å². The number of amides is 1. The van der Waals surface area contributed by atoms with Crippen LogP contribution in [0, 0.1) is 0 Å². The molecule has 0 aliphatic carbocycles. The molecule has 2 aromatic rings. The van der Waals surface area contributed by atoms with Crippen LogP contribution in [0.1, 0.15) is 23.2 Å². The molecule has 0 saturated carbocycles. The molecule has 0 spiro atoms. The summed E-state index contributed by atoms with van der Waals surface area (Å²) in [6.45, 7) is 6.50. The average molecular weight is 415 g/mol. The number of nitrogens with zero attached hydrogens (tertiary/aromatic N) is 4. The fourth-order valence-corrected chi connectivity index (χ4v) is 4.13. The summed E-state index contributed by atoms with van der Waals surface area (Å²) in [6, 6.07) is 11.3. The SMILES string of the molecule is O=C(c1cccnc1N1CCCC1)N1CCN(CCOc2ccccc2Cl)CC1. The molecule has 0 N–H and O–H groups in total. The van der Waals surface area contributed by atoms with Gasteiger partial charge in [-0.25, -0.2) is 4.98 Å². The quantitative estimate of drug-likeness (QED) is 0.726. The summed E-state index contributed by atoms with van der Waals surface area (Å²) < 4.78 is 5.79. The zero-order valence-electron chi connectivity index (χ0n) is 16.6. The number of aromatic nitrogens is 1. The molecule has 2 aliphatic heterocycles. The minimum absolute atomic E-state index is 0.0898. The molecular weight excluding hydrogens is 388 g/mol. The van der Waals surface area contributed by atoms with Crippen molar-refractivity contribution in [2.24, 2.45) is 0 Å². The predicted molar refractivity (Wildman–Crippen MR) is 115 cm³/mol. The third-order valence-corrected chi connectivity index (χ3v) is 5.90. The van der Waals surface area contributed by atoms with Crippen molar-refractivity contribution in [1.29, 1.82) is 0 Å². The second-order valence-corrected chi connectivity index (χ2v) is 7.89.